The SMILES string of the molecule is CCCN(Cc1nc2ccccc2o1)C1CCCNC1. The molecule has 4 nitrogen and oxygen atoms in total. The number of piperidine rings is 1. The highest BCUT2D eigenvalue weighted by Crippen LogP contribution is 2.19. The smallest absolute Gasteiger partial charge is 0.209 e. The molecule has 0 bridgehead atoms. The Kier molecular flexibility index (Phi) is 4.33. The van der Waals surface area contributed by atoms with Gasteiger partial charge in [-0.3, -0.25) is 4.90 Å². The van der Waals surface area contributed by atoms with Crippen molar-refractivity contribution in [2.75, 3.05) is 19.6 Å². The number of aromatic nitrogens is 1. The number of nitrogens with one attached hydrogen (secondary N) is 1. The minimum Gasteiger partial charge on any atom is -0.439 e. The van der Waals surface area contributed by atoms with Crippen LogP contribution in [-0.4, -0.2) is 35.6 Å². The lowest BCUT2D eigenvalue weighted by atomic mass is 10.1. The van der Waals surface area contributed by atoms with E-state index in [0.717, 1.165) is 49.6 Å². The van der Waals surface area contributed by atoms with E-state index in [0.29, 0.717) is 6.04 Å². The number of fused-ring (bicyclic) bond motifs is 1. The van der Waals surface area contributed by atoms with Crippen LogP contribution in [-0.2, 0) is 6.54 Å². The third-order valence-corrected chi connectivity index (χ3v) is 3.97. The van der Waals surface area contributed by atoms with Crippen LogP contribution in [0, 0.1) is 0 Å². The number of oxazole rings is 1. The fraction of sp³-hybridized carbons (Fsp3) is 0.562. The van der Waals surface area contributed by atoms with Crippen molar-refractivity contribution in [3.63, 3.8) is 0 Å². The van der Waals surface area contributed by atoms with E-state index in [1.54, 1.807) is 0 Å². The fourth-order valence-electron chi connectivity index (χ4n) is 2.98. The molecule has 1 aromatic carbocycles. The first kappa shape index (κ1) is 13.6. The van der Waals surface area contributed by atoms with Gasteiger partial charge in [-0.05, 0) is 44.5 Å². The zero-order chi connectivity index (χ0) is 13.8. The van der Waals surface area contributed by atoms with E-state index in [1.165, 1.54) is 12.8 Å². The van der Waals surface area contributed by atoms with Crippen LogP contribution in [0.3, 0.4) is 0 Å². The van der Waals surface area contributed by atoms with Gasteiger partial charge in [0.25, 0.3) is 0 Å². The average Bonchev–Trinajstić information content (AvgIpc) is 2.90. The largest absolute Gasteiger partial charge is 0.439 e. The molecule has 1 fully saturated rings. The molecule has 1 aliphatic heterocycles. The predicted molar refractivity (Wildman–Crippen MR) is 80.6 cm³/mol. The number of hydrogen-bond donors (Lipinski definition) is 1. The minimum atomic E-state index is 0.610. The molecule has 1 atom stereocenters. The van der Waals surface area contributed by atoms with Crippen LogP contribution >= 0.6 is 0 Å². The van der Waals surface area contributed by atoms with Gasteiger partial charge >= 0.3 is 0 Å². The van der Waals surface area contributed by atoms with E-state index in [-0.39, 0.29) is 0 Å². The summed E-state index contributed by atoms with van der Waals surface area (Å²) in [4.78, 5) is 7.11. The highest BCUT2D eigenvalue weighted by molar-refractivity contribution is 5.72. The van der Waals surface area contributed by atoms with Crippen molar-refractivity contribution in [2.24, 2.45) is 0 Å². The molecule has 2 aromatic rings. The number of nitrogens with zero attached hydrogens (tertiary/aromatic N) is 2. The molecule has 0 amide bonds. The van der Waals surface area contributed by atoms with E-state index in [2.05, 4.69) is 22.1 Å². The van der Waals surface area contributed by atoms with Crippen LogP contribution in [0.5, 0.6) is 0 Å². The van der Waals surface area contributed by atoms with E-state index in [4.69, 9.17) is 4.42 Å². The maximum Gasteiger partial charge on any atom is 0.209 e. The molecule has 0 radical (unpaired) electrons. The third kappa shape index (κ3) is 3.02. The molecule has 1 unspecified atom stereocenters. The van der Waals surface area contributed by atoms with E-state index in [1.807, 2.05) is 24.3 Å². The van der Waals surface area contributed by atoms with Gasteiger partial charge in [-0.1, -0.05) is 19.1 Å². The van der Waals surface area contributed by atoms with Crippen molar-refractivity contribution in [3.05, 3.63) is 30.2 Å². The van der Waals surface area contributed by atoms with Crippen LogP contribution in [0.4, 0.5) is 0 Å². The van der Waals surface area contributed by atoms with Gasteiger partial charge in [-0.2, -0.15) is 0 Å². The summed E-state index contributed by atoms with van der Waals surface area (Å²) in [6.07, 6.45) is 3.70. The Labute approximate surface area is 120 Å². The second-order valence-corrected chi connectivity index (χ2v) is 5.55. The summed E-state index contributed by atoms with van der Waals surface area (Å²) in [6.45, 7) is 6.38. The molecule has 1 N–H and O–H groups in total. The summed E-state index contributed by atoms with van der Waals surface area (Å²) >= 11 is 0. The van der Waals surface area contributed by atoms with Crippen molar-refractivity contribution in [3.8, 4) is 0 Å². The van der Waals surface area contributed by atoms with E-state index in [9.17, 15) is 0 Å². The van der Waals surface area contributed by atoms with Gasteiger partial charge in [0.05, 0.1) is 6.54 Å². The van der Waals surface area contributed by atoms with Crippen LogP contribution < -0.4 is 5.32 Å². The molecule has 0 saturated carbocycles. The Balaban J connectivity index is 1.74. The zero-order valence-corrected chi connectivity index (χ0v) is 12.1. The first-order valence-corrected chi connectivity index (χ1v) is 7.66. The van der Waals surface area contributed by atoms with Crippen molar-refractivity contribution in [2.45, 2.75) is 38.8 Å². The molecule has 0 spiro atoms. The predicted octanol–water partition coefficient (Wildman–Crippen LogP) is 2.79. The third-order valence-electron chi connectivity index (χ3n) is 3.97. The summed E-state index contributed by atoms with van der Waals surface area (Å²) in [7, 11) is 0. The first-order valence-electron chi connectivity index (χ1n) is 7.66. The summed E-state index contributed by atoms with van der Waals surface area (Å²) in [6, 6.07) is 8.60. The zero-order valence-electron chi connectivity index (χ0n) is 12.1. The lowest BCUT2D eigenvalue weighted by Crippen LogP contribution is -2.45. The molecule has 1 aliphatic rings. The van der Waals surface area contributed by atoms with Crippen LogP contribution in [0.1, 0.15) is 32.1 Å². The molecular weight excluding hydrogens is 250 g/mol. The van der Waals surface area contributed by atoms with Gasteiger partial charge in [0.2, 0.25) is 5.89 Å². The number of hydrogen-bond acceptors (Lipinski definition) is 4. The summed E-state index contributed by atoms with van der Waals surface area (Å²) < 4.78 is 5.86. The van der Waals surface area contributed by atoms with Crippen molar-refractivity contribution >= 4 is 11.1 Å². The summed E-state index contributed by atoms with van der Waals surface area (Å²) in [5.74, 6) is 0.838. The van der Waals surface area contributed by atoms with Crippen LogP contribution in [0.25, 0.3) is 11.1 Å². The molecule has 2 heterocycles. The monoisotopic (exact) mass is 273 g/mol. The summed E-state index contributed by atoms with van der Waals surface area (Å²) in [5.41, 5.74) is 1.85. The molecular formula is C16H23N3O. The van der Waals surface area contributed by atoms with Gasteiger partial charge in [0.15, 0.2) is 5.58 Å². The van der Waals surface area contributed by atoms with Crippen LogP contribution in [0.15, 0.2) is 28.7 Å². The molecule has 4 heteroatoms. The second-order valence-electron chi connectivity index (χ2n) is 5.55. The van der Waals surface area contributed by atoms with Gasteiger partial charge in [0.1, 0.15) is 5.52 Å². The Hall–Kier alpha value is -1.39. The van der Waals surface area contributed by atoms with E-state index < -0.39 is 0 Å². The Bertz CT molecular complexity index is 512. The first-order chi connectivity index (χ1) is 9.86. The Morgan fingerprint density at radius 3 is 3.05 bits per heavy atom. The highest BCUT2D eigenvalue weighted by atomic mass is 16.3. The summed E-state index contributed by atoms with van der Waals surface area (Å²) in [5, 5.41) is 3.49. The van der Waals surface area contributed by atoms with Gasteiger partial charge in [-0.15, -0.1) is 0 Å². The van der Waals surface area contributed by atoms with Gasteiger partial charge < -0.3 is 9.73 Å². The molecule has 1 saturated heterocycles. The Morgan fingerprint density at radius 1 is 1.40 bits per heavy atom. The molecule has 3 rings (SSSR count). The maximum atomic E-state index is 5.86. The number of rotatable bonds is 5. The lowest BCUT2D eigenvalue weighted by Gasteiger charge is -2.33. The fourth-order valence-corrected chi connectivity index (χ4v) is 2.98. The van der Waals surface area contributed by atoms with E-state index >= 15 is 0 Å². The molecule has 1 aromatic heterocycles. The normalized spacial score (nSPS) is 19.8. The minimum absolute atomic E-state index is 0.610. The second kappa shape index (κ2) is 6.37. The lowest BCUT2D eigenvalue weighted by molar-refractivity contribution is 0.146. The quantitative estimate of drug-likeness (QED) is 0.909. The number of benzene rings is 1. The Morgan fingerprint density at radius 2 is 2.30 bits per heavy atom. The van der Waals surface area contributed by atoms with Crippen LogP contribution in [0.2, 0.25) is 0 Å². The van der Waals surface area contributed by atoms with Crippen molar-refractivity contribution in [1.82, 2.24) is 15.2 Å². The molecule has 20 heavy (non-hydrogen) atoms. The van der Waals surface area contributed by atoms with Gasteiger partial charge in [-0.25, -0.2) is 4.98 Å². The average molecular weight is 273 g/mol. The molecule has 108 valence electrons. The van der Waals surface area contributed by atoms with Gasteiger partial charge in [0, 0.05) is 12.6 Å². The highest BCUT2D eigenvalue weighted by Gasteiger charge is 2.22. The maximum absolute atomic E-state index is 5.86. The number of para-hydroxylation sites is 2. The van der Waals surface area contributed by atoms with Crippen molar-refractivity contribution < 1.29 is 4.42 Å². The van der Waals surface area contributed by atoms with Crippen molar-refractivity contribution in [1.29, 1.82) is 0 Å². The topological polar surface area (TPSA) is 41.3 Å². The standard InChI is InChI=1S/C16H23N3O/c1-2-10-19(13-6-5-9-17-11-13)12-16-18-14-7-3-4-8-15(14)20-16/h3-4,7-8,13,17H,2,5-6,9-12H2,1H3. The molecule has 0 aliphatic carbocycles.